The number of carbonyl (C=O) groups is 1. The first-order valence-corrected chi connectivity index (χ1v) is 12.4. The topological polar surface area (TPSA) is 143 Å². The van der Waals surface area contributed by atoms with Crippen molar-refractivity contribution in [3.8, 4) is 5.75 Å². The fourth-order valence-electron chi connectivity index (χ4n) is 3.00. The number of carbonyl (C=O) groups excluding carboxylic acids is 1. The first-order chi connectivity index (χ1) is 15.8. The fraction of sp³-hybridized carbons (Fsp3) is 0.429. The fourth-order valence-corrected chi connectivity index (χ4v) is 4.79. The Morgan fingerprint density at radius 2 is 1.97 bits per heavy atom. The number of fused-ring (bicyclic) bond motifs is 1. The van der Waals surface area contributed by atoms with E-state index in [0.717, 1.165) is 0 Å². The van der Waals surface area contributed by atoms with Crippen LogP contribution in [0.1, 0.15) is 27.2 Å². The maximum Gasteiger partial charge on any atom is 0.342 e. The number of hydrogen-bond donors (Lipinski definition) is 2. The van der Waals surface area contributed by atoms with Gasteiger partial charge in [-0.3, -0.25) is 9.36 Å². The molecule has 2 aromatic heterocycles. The van der Waals surface area contributed by atoms with Crippen molar-refractivity contribution in [2.75, 3.05) is 18.7 Å². The monoisotopic (exact) mass is 476 g/mol. The largest absolute Gasteiger partial charge is 0.465 e. The molecule has 0 fully saturated rings. The van der Waals surface area contributed by atoms with E-state index in [1.807, 2.05) is 19.9 Å². The van der Waals surface area contributed by atoms with Crippen LogP contribution in [-0.2, 0) is 25.4 Å². The number of benzene rings is 1. The van der Waals surface area contributed by atoms with Crippen molar-refractivity contribution in [3.05, 3.63) is 43.0 Å². The predicted molar refractivity (Wildman–Crippen MR) is 124 cm³/mol. The van der Waals surface area contributed by atoms with Gasteiger partial charge in [-0.05, 0) is 32.4 Å². The van der Waals surface area contributed by atoms with Gasteiger partial charge in [0.15, 0.2) is 11.5 Å². The molecule has 0 aliphatic rings. The molecule has 3 rings (SSSR count). The summed E-state index contributed by atoms with van der Waals surface area (Å²) in [6, 6.07) is 7.86. The zero-order valence-corrected chi connectivity index (χ0v) is 19.8. The number of nitrogen functional groups attached to an aromatic ring is 1. The van der Waals surface area contributed by atoms with E-state index in [1.165, 1.54) is 6.33 Å². The number of rotatable bonds is 12. The van der Waals surface area contributed by atoms with Crippen molar-refractivity contribution in [3.63, 3.8) is 0 Å². The van der Waals surface area contributed by atoms with E-state index in [1.54, 1.807) is 42.1 Å². The minimum absolute atomic E-state index is 0.266. The number of para-hydroxylation sites is 1. The molecule has 0 aliphatic heterocycles. The SMILES string of the molecule is CCCOC(=O)C(C)NP(=O)(CO[C@H](C)Cn1cnc2c(N)ncnc21)Oc1ccccc1. The Morgan fingerprint density at radius 1 is 1.21 bits per heavy atom. The molecule has 0 saturated heterocycles. The first kappa shape index (κ1) is 24.6. The smallest absolute Gasteiger partial charge is 0.342 e. The zero-order valence-electron chi connectivity index (χ0n) is 18.9. The highest BCUT2D eigenvalue weighted by Gasteiger charge is 2.31. The quantitative estimate of drug-likeness (QED) is 0.296. The van der Waals surface area contributed by atoms with Gasteiger partial charge < -0.3 is 24.3 Å². The number of hydrogen-bond acceptors (Lipinski definition) is 9. The first-order valence-electron chi connectivity index (χ1n) is 10.6. The standard InChI is InChI=1S/C21H29N6O5P/c1-4-10-30-21(28)16(3)26-33(29,32-17-8-6-5-7-9-17)14-31-15(2)11-27-13-25-18-19(22)23-12-24-20(18)27/h5-9,12-13,15-16H,4,10-11,14H2,1-3H3,(H,26,29)(H2,22,23,24)/t15-,16?,33?/m1/s1. The van der Waals surface area contributed by atoms with Crippen molar-refractivity contribution >= 4 is 30.5 Å². The minimum Gasteiger partial charge on any atom is -0.465 e. The minimum atomic E-state index is -3.63. The molecule has 0 bridgehead atoms. The second-order valence-corrected chi connectivity index (χ2v) is 9.58. The van der Waals surface area contributed by atoms with Gasteiger partial charge in [-0.15, -0.1) is 0 Å². The summed E-state index contributed by atoms with van der Waals surface area (Å²) in [7, 11) is -3.63. The summed E-state index contributed by atoms with van der Waals surface area (Å²) >= 11 is 0. The summed E-state index contributed by atoms with van der Waals surface area (Å²) in [5.41, 5.74) is 6.91. The summed E-state index contributed by atoms with van der Waals surface area (Å²) in [6.07, 6.45) is 3.01. The van der Waals surface area contributed by atoms with Crippen LogP contribution in [0.3, 0.4) is 0 Å². The van der Waals surface area contributed by atoms with E-state index in [4.69, 9.17) is 19.7 Å². The van der Waals surface area contributed by atoms with E-state index >= 15 is 0 Å². The van der Waals surface area contributed by atoms with Crippen LogP contribution in [0.25, 0.3) is 11.2 Å². The molecular formula is C21H29N6O5P. The number of nitrogens with zero attached hydrogens (tertiary/aromatic N) is 4. The maximum absolute atomic E-state index is 13.6. The van der Waals surface area contributed by atoms with Crippen molar-refractivity contribution in [1.82, 2.24) is 24.6 Å². The van der Waals surface area contributed by atoms with Gasteiger partial charge in [-0.1, -0.05) is 25.1 Å². The van der Waals surface area contributed by atoms with Crippen LogP contribution in [0, 0.1) is 0 Å². The molecule has 3 atom stereocenters. The summed E-state index contributed by atoms with van der Waals surface area (Å²) < 4.78 is 32.2. The van der Waals surface area contributed by atoms with E-state index < -0.39 is 19.5 Å². The van der Waals surface area contributed by atoms with Crippen molar-refractivity contribution < 1.29 is 23.4 Å². The van der Waals surface area contributed by atoms with Crippen LogP contribution in [0.4, 0.5) is 5.82 Å². The van der Waals surface area contributed by atoms with Gasteiger partial charge in [-0.25, -0.2) is 20.0 Å². The molecule has 3 aromatic rings. The van der Waals surface area contributed by atoms with Crippen molar-refractivity contribution in [2.45, 2.75) is 45.9 Å². The Labute approximate surface area is 192 Å². The molecule has 2 heterocycles. The van der Waals surface area contributed by atoms with E-state index in [-0.39, 0.29) is 19.1 Å². The second-order valence-electron chi connectivity index (χ2n) is 7.53. The van der Waals surface area contributed by atoms with Crippen LogP contribution >= 0.6 is 7.52 Å². The molecule has 0 amide bonds. The van der Waals surface area contributed by atoms with Crippen LogP contribution in [-0.4, -0.2) is 50.6 Å². The maximum atomic E-state index is 13.6. The van der Waals surface area contributed by atoms with Gasteiger partial charge in [0.1, 0.15) is 30.0 Å². The van der Waals surface area contributed by atoms with Gasteiger partial charge in [-0.2, -0.15) is 0 Å². The molecular weight excluding hydrogens is 447 g/mol. The summed E-state index contributed by atoms with van der Waals surface area (Å²) in [4.78, 5) is 24.6. The van der Waals surface area contributed by atoms with Crippen LogP contribution in [0.5, 0.6) is 5.75 Å². The molecule has 0 spiro atoms. The Hall–Kier alpha value is -3.01. The molecule has 1 aromatic carbocycles. The van der Waals surface area contributed by atoms with Crippen molar-refractivity contribution in [1.29, 1.82) is 0 Å². The van der Waals surface area contributed by atoms with Crippen LogP contribution in [0.2, 0.25) is 0 Å². The third-order valence-electron chi connectivity index (χ3n) is 4.60. The lowest BCUT2D eigenvalue weighted by Crippen LogP contribution is -2.36. The van der Waals surface area contributed by atoms with Gasteiger partial charge >= 0.3 is 13.5 Å². The van der Waals surface area contributed by atoms with Crippen LogP contribution < -0.4 is 15.3 Å². The highest BCUT2D eigenvalue weighted by Crippen LogP contribution is 2.44. The van der Waals surface area contributed by atoms with Gasteiger partial charge in [0.05, 0.1) is 25.6 Å². The molecule has 0 saturated carbocycles. The Balaban J connectivity index is 1.68. The Morgan fingerprint density at radius 3 is 2.70 bits per heavy atom. The summed E-state index contributed by atoms with van der Waals surface area (Å²) in [6.45, 7) is 5.96. The van der Waals surface area contributed by atoms with Crippen LogP contribution in [0.15, 0.2) is 43.0 Å². The molecule has 178 valence electrons. The normalized spacial score (nSPS) is 15.0. The lowest BCUT2D eigenvalue weighted by atomic mass is 10.3. The lowest BCUT2D eigenvalue weighted by molar-refractivity contribution is -0.145. The molecule has 2 unspecified atom stereocenters. The highest BCUT2D eigenvalue weighted by molar-refractivity contribution is 7.57. The Kier molecular flexibility index (Phi) is 8.37. The average molecular weight is 476 g/mol. The van der Waals surface area contributed by atoms with Gasteiger partial charge in [0.25, 0.3) is 0 Å². The number of imidazole rings is 1. The number of aromatic nitrogens is 4. The van der Waals surface area contributed by atoms with Crippen molar-refractivity contribution in [2.24, 2.45) is 0 Å². The average Bonchev–Trinajstić information content (AvgIpc) is 3.20. The number of anilines is 1. The lowest BCUT2D eigenvalue weighted by Gasteiger charge is -2.25. The van der Waals surface area contributed by atoms with Gasteiger partial charge in [0, 0.05) is 0 Å². The molecule has 0 radical (unpaired) electrons. The number of ether oxygens (including phenoxy) is 2. The predicted octanol–water partition coefficient (Wildman–Crippen LogP) is 2.97. The number of nitrogens with one attached hydrogen (secondary N) is 1. The van der Waals surface area contributed by atoms with E-state index in [2.05, 4.69) is 20.0 Å². The zero-order chi connectivity index (χ0) is 23.8. The number of esters is 1. The molecule has 33 heavy (non-hydrogen) atoms. The Bertz CT molecular complexity index is 1110. The summed E-state index contributed by atoms with van der Waals surface area (Å²) in [5.74, 6) is 0.177. The van der Waals surface area contributed by atoms with E-state index in [0.29, 0.717) is 35.7 Å². The van der Waals surface area contributed by atoms with E-state index in [9.17, 15) is 9.36 Å². The molecule has 11 nitrogen and oxygen atoms in total. The molecule has 3 N–H and O–H groups in total. The highest BCUT2D eigenvalue weighted by atomic mass is 31.2. The van der Waals surface area contributed by atoms with Gasteiger partial charge in [0.2, 0.25) is 0 Å². The molecule has 12 heteroatoms. The molecule has 0 aliphatic carbocycles. The number of nitrogens with two attached hydrogens (primary N) is 1. The third kappa shape index (κ3) is 6.74. The summed E-state index contributed by atoms with van der Waals surface area (Å²) in [5, 5.41) is 2.78. The second kappa shape index (κ2) is 11.2. The third-order valence-corrected chi connectivity index (χ3v) is 6.38.